The van der Waals surface area contributed by atoms with Gasteiger partial charge in [-0.05, 0) is 135 Å². The van der Waals surface area contributed by atoms with E-state index < -0.39 is 0 Å². The highest BCUT2D eigenvalue weighted by molar-refractivity contribution is 5.85. The summed E-state index contributed by atoms with van der Waals surface area (Å²) in [4.78, 5) is 4.65. The Morgan fingerprint density at radius 1 is 0.333 bits per heavy atom. The van der Waals surface area contributed by atoms with Gasteiger partial charge in [0.15, 0.2) is 0 Å². The highest BCUT2D eigenvalue weighted by Crippen LogP contribution is 2.41. The number of allylic oxidation sites excluding steroid dienone is 3. The van der Waals surface area contributed by atoms with Crippen LogP contribution in [0.3, 0.4) is 0 Å². The van der Waals surface area contributed by atoms with Gasteiger partial charge in [-0.2, -0.15) is 0 Å². The number of nitrogens with zero attached hydrogens (tertiary/aromatic N) is 2. The van der Waals surface area contributed by atoms with Crippen LogP contribution >= 0.6 is 0 Å². The Bertz CT molecular complexity index is 2530. The Morgan fingerprint density at radius 3 is 0.895 bits per heavy atom. The van der Waals surface area contributed by atoms with Gasteiger partial charge < -0.3 is 9.80 Å². The maximum Gasteiger partial charge on any atom is 0.0462 e. The summed E-state index contributed by atoms with van der Waals surface area (Å²) in [6, 6.07) is 76.1. The predicted octanol–water partition coefficient (Wildman–Crippen LogP) is 15.6. The molecular weight excluding hydrogens is 689 g/mol. The third kappa shape index (κ3) is 7.46. The van der Waals surface area contributed by atoms with E-state index >= 15 is 0 Å². The molecule has 0 saturated heterocycles. The third-order valence-corrected chi connectivity index (χ3v) is 11.1. The van der Waals surface area contributed by atoms with Gasteiger partial charge in [0.25, 0.3) is 0 Å². The van der Waals surface area contributed by atoms with Gasteiger partial charge in [-0.25, -0.2) is 0 Å². The van der Waals surface area contributed by atoms with Gasteiger partial charge in [0.2, 0.25) is 0 Å². The average Bonchev–Trinajstić information content (AvgIpc) is 3.62. The molecule has 0 aliphatic heterocycles. The van der Waals surface area contributed by atoms with Crippen LogP contribution in [0.15, 0.2) is 231 Å². The van der Waals surface area contributed by atoms with E-state index in [4.69, 9.17) is 0 Å². The molecule has 0 amide bonds. The summed E-state index contributed by atoms with van der Waals surface area (Å²) in [6.07, 6.45) is 3.39. The van der Waals surface area contributed by atoms with E-state index in [1.807, 2.05) is 0 Å². The number of anilines is 6. The minimum atomic E-state index is 0.504. The average molecular weight is 733 g/mol. The monoisotopic (exact) mass is 732 g/mol. The first-order valence-electron chi connectivity index (χ1n) is 19.8. The fraction of sp³-hybridized carbons (Fsp3) is 0.0545. The molecule has 1 aliphatic rings. The molecule has 0 radical (unpaired) electrons. The summed E-state index contributed by atoms with van der Waals surface area (Å²) in [5.41, 5.74) is 17.5. The summed E-state index contributed by atoms with van der Waals surface area (Å²) >= 11 is 0. The zero-order valence-corrected chi connectivity index (χ0v) is 32.2. The predicted molar refractivity (Wildman–Crippen MR) is 243 cm³/mol. The number of rotatable bonds is 10. The highest BCUT2D eigenvalue weighted by atomic mass is 15.1. The Labute approximate surface area is 337 Å². The first-order valence-corrected chi connectivity index (χ1v) is 19.8. The van der Waals surface area contributed by atoms with Crippen LogP contribution in [0.5, 0.6) is 0 Å². The van der Waals surface area contributed by atoms with E-state index in [1.54, 1.807) is 0 Å². The Hall–Kier alpha value is -7.16. The van der Waals surface area contributed by atoms with E-state index in [9.17, 15) is 0 Å². The maximum absolute atomic E-state index is 4.36. The number of hydrogen-bond donors (Lipinski definition) is 0. The maximum atomic E-state index is 4.36. The van der Waals surface area contributed by atoms with Gasteiger partial charge in [0.1, 0.15) is 0 Å². The van der Waals surface area contributed by atoms with E-state index in [1.165, 1.54) is 50.1 Å². The van der Waals surface area contributed by atoms with Crippen molar-refractivity contribution in [2.75, 3.05) is 9.80 Å². The second-order valence-electron chi connectivity index (χ2n) is 14.8. The van der Waals surface area contributed by atoms with Gasteiger partial charge in [-0.3, -0.25) is 0 Å². The molecule has 0 saturated carbocycles. The molecule has 2 nitrogen and oxygen atoms in total. The van der Waals surface area contributed by atoms with Crippen molar-refractivity contribution in [3.63, 3.8) is 0 Å². The van der Waals surface area contributed by atoms with Gasteiger partial charge in [0, 0.05) is 34.1 Å². The quantitative estimate of drug-likeness (QED) is 0.138. The number of para-hydroxylation sites is 1. The van der Waals surface area contributed by atoms with Crippen molar-refractivity contribution in [2.45, 2.75) is 13.3 Å². The Balaban J connectivity index is 1.01. The number of hydrogen-bond acceptors (Lipinski definition) is 2. The van der Waals surface area contributed by atoms with Crippen LogP contribution in [0.2, 0.25) is 0 Å². The number of benzene rings is 8. The van der Waals surface area contributed by atoms with E-state index in [0.29, 0.717) is 5.92 Å². The molecule has 9 rings (SSSR count). The molecule has 274 valence electrons. The fourth-order valence-electron chi connectivity index (χ4n) is 7.87. The van der Waals surface area contributed by atoms with E-state index in [2.05, 4.69) is 242 Å². The molecule has 1 aliphatic carbocycles. The van der Waals surface area contributed by atoms with Crippen LogP contribution in [-0.2, 0) is 0 Å². The molecule has 0 fully saturated rings. The first-order chi connectivity index (χ1) is 28.1. The molecule has 2 heteroatoms. The molecule has 0 aromatic heterocycles. The summed E-state index contributed by atoms with van der Waals surface area (Å²) in [7, 11) is 0. The lowest BCUT2D eigenvalue weighted by Gasteiger charge is -2.26. The molecule has 57 heavy (non-hydrogen) atoms. The topological polar surface area (TPSA) is 6.48 Å². The second-order valence-corrected chi connectivity index (χ2v) is 14.8. The molecule has 0 N–H and O–H groups in total. The van der Waals surface area contributed by atoms with Crippen LogP contribution in [0.4, 0.5) is 34.1 Å². The molecular formula is C55H44N2. The summed E-state index contributed by atoms with van der Waals surface area (Å²) in [5.74, 6) is 0.504. The van der Waals surface area contributed by atoms with Crippen LogP contribution in [0.25, 0.3) is 39.0 Å². The van der Waals surface area contributed by atoms with Gasteiger partial charge in [-0.15, -0.1) is 0 Å². The summed E-state index contributed by atoms with van der Waals surface area (Å²) in [6.45, 7) is 6.62. The Kier molecular flexibility index (Phi) is 9.91. The van der Waals surface area contributed by atoms with E-state index in [0.717, 1.165) is 40.5 Å². The minimum Gasteiger partial charge on any atom is -0.311 e. The first kappa shape index (κ1) is 35.5. The lowest BCUT2D eigenvalue weighted by atomic mass is 9.97. The minimum absolute atomic E-state index is 0.504. The van der Waals surface area contributed by atoms with Crippen molar-refractivity contribution in [3.8, 4) is 33.4 Å². The Morgan fingerprint density at radius 2 is 0.596 bits per heavy atom. The highest BCUT2D eigenvalue weighted by Gasteiger charge is 2.20. The lowest BCUT2D eigenvalue weighted by molar-refractivity contribution is 0.746. The van der Waals surface area contributed by atoms with Crippen molar-refractivity contribution >= 4 is 39.7 Å². The molecule has 8 aromatic carbocycles. The van der Waals surface area contributed by atoms with Crippen LogP contribution in [0, 0.1) is 5.92 Å². The molecule has 1 atom stereocenters. The SMILES string of the molecule is C=C1C(c2ccc(N(c3ccccc3)c3ccc(-c4ccc(N(c5ccc(-c6ccccc6)cc5)c5ccc(-c6ccccc6)cc5)cc4)cc3)cc2)=CCC1C. The van der Waals surface area contributed by atoms with Crippen molar-refractivity contribution in [1.82, 2.24) is 0 Å². The van der Waals surface area contributed by atoms with Gasteiger partial charge >= 0.3 is 0 Å². The van der Waals surface area contributed by atoms with Gasteiger partial charge in [0.05, 0.1) is 0 Å². The van der Waals surface area contributed by atoms with E-state index in [-0.39, 0.29) is 0 Å². The molecule has 8 aromatic rings. The van der Waals surface area contributed by atoms with Crippen molar-refractivity contribution in [2.24, 2.45) is 5.92 Å². The summed E-state index contributed by atoms with van der Waals surface area (Å²) < 4.78 is 0. The second kappa shape index (κ2) is 15.9. The third-order valence-electron chi connectivity index (χ3n) is 11.1. The largest absolute Gasteiger partial charge is 0.311 e. The summed E-state index contributed by atoms with van der Waals surface area (Å²) in [5, 5.41) is 0. The van der Waals surface area contributed by atoms with Crippen molar-refractivity contribution in [1.29, 1.82) is 0 Å². The zero-order chi connectivity index (χ0) is 38.6. The molecule has 1 unspecified atom stereocenters. The fourth-order valence-corrected chi connectivity index (χ4v) is 7.87. The van der Waals surface area contributed by atoms with Crippen molar-refractivity contribution < 1.29 is 0 Å². The van der Waals surface area contributed by atoms with Crippen LogP contribution in [0.1, 0.15) is 18.9 Å². The molecule has 0 heterocycles. The molecule has 0 bridgehead atoms. The van der Waals surface area contributed by atoms with Crippen molar-refractivity contribution in [3.05, 3.63) is 236 Å². The smallest absolute Gasteiger partial charge is 0.0462 e. The molecule has 0 spiro atoms. The lowest BCUT2D eigenvalue weighted by Crippen LogP contribution is -2.10. The van der Waals surface area contributed by atoms with Gasteiger partial charge in [-0.1, -0.05) is 159 Å². The normalized spacial score (nSPS) is 13.6. The van der Waals surface area contributed by atoms with Crippen LogP contribution in [-0.4, -0.2) is 0 Å². The zero-order valence-electron chi connectivity index (χ0n) is 32.2. The standard InChI is InChI=1S/C55H44N2/c1-40-18-39-55(41(40)2)48-27-37-54(38-28-48)56(49-16-10-5-11-17-49)50-33-23-46(24-34-50)47-25-35-53(36-26-47)57(51-29-19-44(20-30-51)42-12-6-3-7-13-42)52-31-21-45(22-32-52)43-14-8-4-9-15-43/h3-17,19-40H,2,18H2,1H3. The van der Waals surface area contributed by atoms with Crippen LogP contribution < -0.4 is 9.80 Å².